The monoisotopic (exact) mass is 506 g/mol. The van der Waals surface area contributed by atoms with Gasteiger partial charge in [0.2, 0.25) is 0 Å². The largest absolute Gasteiger partial charge is 0.465 e. The summed E-state index contributed by atoms with van der Waals surface area (Å²) in [5.74, 6) is -0.271. The highest BCUT2D eigenvalue weighted by atomic mass is 79.9. The van der Waals surface area contributed by atoms with Crippen LogP contribution in [0.2, 0.25) is 10.0 Å². The first kappa shape index (κ1) is 23.0. The zero-order valence-electron chi connectivity index (χ0n) is 15.6. The van der Waals surface area contributed by atoms with Crippen molar-refractivity contribution in [3.63, 3.8) is 0 Å². The van der Waals surface area contributed by atoms with E-state index < -0.39 is 23.6 Å². The maximum absolute atomic E-state index is 12.8. The van der Waals surface area contributed by atoms with Crippen molar-refractivity contribution in [1.29, 1.82) is 0 Å². The van der Waals surface area contributed by atoms with Gasteiger partial charge < -0.3 is 15.7 Å². The van der Waals surface area contributed by atoms with E-state index in [9.17, 15) is 14.7 Å². The van der Waals surface area contributed by atoms with Crippen LogP contribution in [0, 0.1) is 5.41 Å². The topological polar surface area (TPSA) is 78.4 Å². The van der Waals surface area contributed by atoms with Crippen LogP contribution in [0.3, 0.4) is 0 Å². The third-order valence-corrected chi connectivity index (χ3v) is 6.45. The molecule has 5 nitrogen and oxygen atoms in total. The molecule has 2 atom stereocenters. The second-order valence-corrected chi connectivity index (χ2v) is 10.1. The van der Waals surface area contributed by atoms with E-state index in [4.69, 9.17) is 23.2 Å². The summed E-state index contributed by atoms with van der Waals surface area (Å²) in [6, 6.07) is 5.78. The van der Waals surface area contributed by atoms with Crippen LogP contribution in [-0.4, -0.2) is 29.2 Å². The normalized spacial score (nSPS) is 13.6. The molecule has 0 aliphatic carbocycles. The highest BCUT2D eigenvalue weighted by molar-refractivity contribution is 9.10. The summed E-state index contributed by atoms with van der Waals surface area (Å²) in [4.78, 5) is 24.7. The lowest BCUT2D eigenvalue weighted by molar-refractivity contribution is 0.0904. The minimum absolute atomic E-state index is 0.271. The third-order valence-electron chi connectivity index (χ3n) is 4.18. The quantitative estimate of drug-likeness (QED) is 0.459. The van der Waals surface area contributed by atoms with Crippen LogP contribution >= 0.6 is 50.5 Å². The van der Waals surface area contributed by atoms with Crippen LogP contribution in [0.1, 0.15) is 36.0 Å². The highest BCUT2D eigenvalue weighted by Gasteiger charge is 2.35. The van der Waals surface area contributed by atoms with Gasteiger partial charge in [-0.25, -0.2) is 4.79 Å². The second-order valence-electron chi connectivity index (χ2n) is 7.44. The summed E-state index contributed by atoms with van der Waals surface area (Å²) in [5, 5.41) is 17.7. The van der Waals surface area contributed by atoms with Crippen molar-refractivity contribution in [3.05, 3.63) is 54.6 Å². The van der Waals surface area contributed by atoms with Gasteiger partial charge in [0, 0.05) is 19.9 Å². The summed E-state index contributed by atoms with van der Waals surface area (Å²) in [7, 11) is 0. The van der Waals surface area contributed by atoms with E-state index in [0.29, 0.717) is 21.3 Å². The standard InChI is InChI=1S/C19H21BrCl2N2O3S/c1-19(2,3)16(24-18(26)27)14(6-10-4-5-12(21)8-13(10)22)23-17(25)15-7-11(20)9-28-15/h4-5,7-9,14,16,24H,6H2,1-3H3,(H,23,25)(H,26,27)/t14-,16?/m0/s1. The van der Waals surface area contributed by atoms with Crippen LogP contribution in [0.15, 0.2) is 34.1 Å². The number of carbonyl (C=O) groups is 2. The van der Waals surface area contributed by atoms with Crippen molar-refractivity contribution < 1.29 is 14.7 Å². The Balaban J connectivity index is 2.37. The molecule has 0 spiro atoms. The van der Waals surface area contributed by atoms with Crippen molar-refractivity contribution in [1.82, 2.24) is 10.6 Å². The number of carbonyl (C=O) groups excluding carboxylic acids is 1. The molecule has 1 heterocycles. The van der Waals surface area contributed by atoms with Gasteiger partial charge in [-0.05, 0) is 51.5 Å². The van der Waals surface area contributed by atoms with Gasteiger partial charge in [-0.15, -0.1) is 11.3 Å². The fourth-order valence-electron chi connectivity index (χ4n) is 2.90. The fourth-order valence-corrected chi connectivity index (χ4v) is 4.72. The molecule has 0 bridgehead atoms. The van der Waals surface area contributed by atoms with Crippen molar-refractivity contribution in [2.24, 2.45) is 5.41 Å². The molecule has 2 rings (SSSR count). The minimum Gasteiger partial charge on any atom is -0.465 e. The summed E-state index contributed by atoms with van der Waals surface area (Å²) < 4.78 is 0.816. The van der Waals surface area contributed by atoms with Gasteiger partial charge in [0.05, 0.1) is 17.0 Å². The Labute approximate surface area is 186 Å². The number of hydrogen-bond donors (Lipinski definition) is 3. The number of halogens is 3. The van der Waals surface area contributed by atoms with Gasteiger partial charge in [-0.1, -0.05) is 50.0 Å². The average molecular weight is 508 g/mol. The molecule has 2 amide bonds. The maximum atomic E-state index is 12.8. The van der Waals surface area contributed by atoms with E-state index in [2.05, 4.69) is 26.6 Å². The number of hydrogen-bond acceptors (Lipinski definition) is 3. The Bertz CT molecular complexity index is 867. The number of amides is 2. The number of nitrogens with one attached hydrogen (secondary N) is 2. The SMILES string of the molecule is CC(C)(C)C(NC(=O)O)[C@H](Cc1ccc(Cl)cc1Cl)NC(=O)c1cc(Br)cs1. The number of carboxylic acid groups (broad SMARTS) is 1. The summed E-state index contributed by atoms with van der Waals surface area (Å²) in [5.41, 5.74) is 0.316. The van der Waals surface area contributed by atoms with Crippen LogP contribution in [0.5, 0.6) is 0 Å². The first-order chi connectivity index (χ1) is 13.0. The first-order valence-electron chi connectivity index (χ1n) is 8.45. The van der Waals surface area contributed by atoms with Crippen LogP contribution < -0.4 is 10.6 Å². The highest BCUT2D eigenvalue weighted by Crippen LogP contribution is 2.28. The number of rotatable bonds is 6. The molecule has 0 radical (unpaired) electrons. The van der Waals surface area contributed by atoms with Gasteiger partial charge in [0.1, 0.15) is 0 Å². The van der Waals surface area contributed by atoms with Gasteiger partial charge in [0.15, 0.2) is 0 Å². The van der Waals surface area contributed by atoms with Crippen molar-refractivity contribution in [2.45, 2.75) is 39.3 Å². The molecule has 0 aliphatic heterocycles. The molecule has 1 aromatic heterocycles. The van der Waals surface area contributed by atoms with Gasteiger partial charge in [0.25, 0.3) is 5.91 Å². The van der Waals surface area contributed by atoms with E-state index in [1.54, 1.807) is 24.3 Å². The Morgan fingerprint density at radius 1 is 1.21 bits per heavy atom. The molecular formula is C19H21BrCl2N2O3S. The zero-order chi connectivity index (χ0) is 21.1. The lowest BCUT2D eigenvalue weighted by Gasteiger charge is -2.37. The minimum atomic E-state index is -1.15. The van der Waals surface area contributed by atoms with Gasteiger partial charge >= 0.3 is 6.09 Å². The predicted octanol–water partition coefficient (Wildman–Crippen LogP) is 5.84. The van der Waals surface area contributed by atoms with E-state index >= 15 is 0 Å². The lowest BCUT2D eigenvalue weighted by atomic mass is 9.80. The van der Waals surface area contributed by atoms with E-state index in [-0.39, 0.29) is 5.91 Å². The van der Waals surface area contributed by atoms with Crippen LogP contribution in [0.4, 0.5) is 4.79 Å². The Morgan fingerprint density at radius 3 is 2.39 bits per heavy atom. The molecule has 3 N–H and O–H groups in total. The number of benzene rings is 1. The van der Waals surface area contributed by atoms with E-state index in [0.717, 1.165) is 10.0 Å². The molecule has 0 saturated heterocycles. The molecule has 0 saturated carbocycles. The Hall–Kier alpha value is -1.28. The number of thiophene rings is 1. The molecule has 9 heteroatoms. The van der Waals surface area contributed by atoms with Crippen LogP contribution in [-0.2, 0) is 6.42 Å². The zero-order valence-corrected chi connectivity index (χ0v) is 19.5. The third kappa shape index (κ3) is 6.37. The van der Waals surface area contributed by atoms with E-state index in [1.807, 2.05) is 26.2 Å². The Morgan fingerprint density at radius 2 is 1.89 bits per heavy atom. The maximum Gasteiger partial charge on any atom is 0.404 e. The first-order valence-corrected chi connectivity index (χ1v) is 10.9. The van der Waals surface area contributed by atoms with Gasteiger partial charge in [-0.2, -0.15) is 0 Å². The molecule has 1 unspecified atom stereocenters. The van der Waals surface area contributed by atoms with E-state index in [1.165, 1.54) is 11.3 Å². The Kier molecular flexibility index (Phi) is 7.79. The lowest BCUT2D eigenvalue weighted by Crippen LogP contribution is -2.58. The molecule has 1 aromatic carbocycles. The van der Waals surface area contributed by atoms with Crippen molar-refractivity contribution >= 4 is 62.5 Å². The fraction of sp³-hybridized carbons (Fsp3) is 0.368. The molecule has 0 aliphatic rings. The smallest absolute Gasteiger partial charge is 0.404 e. The molecule has 0 fully saturated rings. The average Bonchev–Trinajstić information content (AvgIpc) is 3.00. The molecule has 2 aromatic rings. The second kappa shape index (κ2) is 9.48. The summed E-state index contributed by atoms with van der Waals surface area (Å²) >= 11 is 16.9. The van der Waals surface area contributed by atoms with Gasteiger partial charge in [-0.3, -0.25) is 4.79 Å². The van der Waals surface area contributed by atoms with Crippen molar-refractivity contribution in [2.75, 3.05) is 0 Å². The molecule has 28 heavy (non-hydrogen) atoms. The summed E-state index contributed by atoms with van der Waals surface area (Å²) in [6.45, 7) is 5.74. The predicted molar refractivity (Wildman–Crippen MR) is 118 cm³/mol. The van der Waals surface area contributed by atoms with Crippen LogP contribution in [0.25, 0.3) is 0 Å². The summed E-state index contributed by atoms with van der Waals surface area (Å²) in [6.07, 6.45) is -0.809. The molecule has 152 valence electrons. The molecular weight excluding hydrogens is 487 g/mol. The van der Waals surface area contributed by atoms with Crippen molar-refractivity contribution in [3.8, 4) is 0 Å².